The average molecular weight is 398 g/mol. The van der Waals surface area contributed by atoms with Crippen LogP contribution in [-0.4, -0.2) is 39.2 Å². The highest BCUT2D eigenvalue weighted by Gasteiger charge is 2.27. The van der Waals surface area contributed by atoms with E-state index in [1.807, 2.05) is 54.6 Å². The van der Waals surface area contributed by atoms with Gasteiger partial charge in [0.05, 0.1) is 23.3 Å². The molecule has 1 fully saturated rings. The summed E-state index contributed by atoms with van der Waals surface area (Å²) in [6.07, 6.45) is 5.18. The number of fused-ring (bicyclic) bond motifs is 1. The predicted octanol–water partition coefficient (Wildman–Crippen LogP) is 3.88. The lowest BCUT2D eigenvalue weighted by Crippen LogP contribution is -2.41. The summed E-state index contributed by atoms with van der Waals surface area (Å²) in [6, 6.07) is 17.8. The van der Waals surface area contributed by atoms with Crippen LogP contribution in [-0.2, 0) is 4.79 Å². The van der Waals surface area contributed by atoms with Crippen LogP contribution in [0.1, 0.15) is 12.8 Å². The third-order valence-electron chi connectivity index (χ3n) is 5.55. The van der Waals surface area contributed by atoms with Crippen molar-refractivity contribution in [3.63, 3.8) is 0 Å². The molecule has 1 amide bonds. The molecular formula is C23H22N6O. The van der Waals surface area contributed by atoms with Crippen molar-refractivity contribution in [3.05, 3.63) is 67.1 Å². The van der Waals surface area contributed by atoms with Crippen molar-refractivity contribution in [1.82, 2.24) is 20.2 Å². The lowest BCUT2D eigenvalue weighted by atomic mass is 9.97. The highest BCUT2D eigenvalue weighted by Crippen LogP contribution is 2.26. The van der Waals surface area contributed by atoms with E-state index in [0.29, 0.717) is 6.54 Å². The molecule has 1 aliphatic rings. The fourth-order valence-electron chi connectivity index (χ4n) is 3.95. The van der Waals surface area contributed by atoms with Crippen LogP contribution in [0, 0.1) is 5.92 Å². The van der Waals surface area contributed by atoms with Gasteiger partial charge in [0.2, 0.25) is 5.91 Å². The van der Waals surface area contributed by atoms with E-state index in [0.717, 1.165) is 53.1 Å². The number of hydrogen-bond acceptors (Lipinski definition) is 5. The van der Waals surface area contributed by atoms with Crippen molar-refractivity contribution in [2.45, 2.75) is 12.8 Å². The maximum absolute atomic E-state index is 12.9. The minimum absolute atomic E-state index is 0.0379. The second-order valence-corrected chi connectivity index (χ2v) is 7.57. The fraction of sp³-hybridized carbons (Fsp3) is 0.217. The number of nitrogens with zero attached hydrogens (tertiary/aromatic N) is 4. The molecule has 0 aliphatic carbocycles. The third kappa shape index (κ3) is 3.74. The summed E-state index contributed by atoms with van der Waals surface area (Å²) < 4.78 is 0. The van der Waals surface area contributed by atoms with E-state index >= 15 is 0 Å². The van der Waals surface area contributed by atoms with Crippen LogP contribution in [0.15, 0.2) is 67.1 Å². The number of anilines is 2. The van der Waals surface area contributed by atoms with E-state index in [2.05, 4.69) is 30.4 Å². The van der Waals surface area contributed by atoms with Crippen LogP contribution in [0.25, 0.3) is 22.2 Å². The third-order valence-corrected chi connectivity index (χ3v) is 5.55. The van der Waals surface area contributed by atoms with Gasteiger partial charge in [-0.2, -0.15) is 5.10 Å². The first kappa shape index (κ1) is 18.3. The second-order valence-electron chi connectivity index (χ2n) is 7.57. The summed E-state index contributed by atoms with van der Waals surface area (Å²) in [7, 11) is 0. The number of aromatic amines is 1. The Balaban J connectivity index is 1.30. The molecule has 0 spiro atoms. The van der Waals surface area contributed by atoms with Crippen molar-refractivity contribution < 1.29 is 4.79 Å². The van der Waals surface area contributed by atoms with Gasteiger partial charge in [0.15, 0.2) is 0 Å². The number of piperidine rings is 1. The van der Waals surface area contributed by atoms with E-state index < -0.39 is 0 Å². The van der Waals surface area contributed by atoms with E-state index in [4.69, 9.17) is 0 Å². The summed E-state index contributed by atoms with van der Waals surface area (Å²) in [6.45, 7) is 1.53. The smallest absolute Gasteiger partial charge is 0.229 e. The average Bonchev–Trinajstić information content (AvgIpc) is 3.28. The van der Waals surface area contributed by atoms with Gasteiger partial charge in [-0.3, -0.25) is 9.89 Å². The Bertz CT molecular complexity index is 1170. The Kier molecular flexibility index (Phi) is 4.85. The molecule has 2 aromatic carbocycles. The van der Waals surface area contributed by atoms with Gasteiger partial charge in [0.1, 0.15) is 12.1 Å². The molecular weight excluding hydrogens is 376 g/mol. The standard InChI is InChI=1S/C23H22N6O/c30-23(27-19-9-8-17-13-26-28-21(17)11-19)18-7-4-10-29(14-18)22-12-20(24-15-25-22)16-5-2-1-3-6-16/h1-3,5-6,8-9,11-13,15,18H,4,7,10,14H2,(H,26,28)(H,27,30). The number of rotatable bonds is 4. The predicted molar refractivity (Wildman–Crippen MR) is 117 cm³/mol. The molecule has 4 aromatic rings. The van der Waals surface area contributed by atoms with Crippen LogP contribution in [0.3, 0.4) is 0 Å². The molecule has 2 N–H and O–H groups in total. The van der Waals surface area contributed by atoms with E-state index in [-0.39, 0.29) is 11.8 Å². The number of carbonyl (C=O) groups is 1. The maximum Gasteiger partial charge on any atom is 0.229 e. The molecule has 0 radical (unpaired) electrons. The van der Waals surface area contributed by atoms with Gasteiger partial charge < -0.3 is 10.2 Å². The number of H-pyrrole nitrogens is 1. The van der Waals surface area contributed by atoms with Crippen LogP contribution >= 0.6 is 0 Å². The Morgan fingerprint density at radius 3 is 2.90 bits per heavy atom. The van der Waals surface area contributed by atoms with Gasteiger partial charge in [0.25, 0.3) is 0 Å². The molecule has 30 heavy (non-hydrogen) atoms. The SMILES string of the molecule is O=C(Nc1ccc2cn[nH]c2c1)C1CCCN(c2cc(-c3ccccc3)ncn2)C1. The van der Waals surface area contributed by atoms with Gasteiger partial charge in [-0.15, -0.1) is 0 Å². The minimum Gasteiger partial charge on any atom is -0.356 e. The first-order chi connectivity index (χ1) is 14.8. The zero-order chi connectivity index (χ0) is 20.3. The molecule has 7 nitrogen and oxygen atoms in total. The van der Waals surface area contributed by atoms with Gasteiger partial charge >= 0.3 is 0 Å². The van der Waals surface area contributed by atoms with Crippen LogP contribution < -0.4 is 10.2 Å². The highest BCUT2D eigenvalue weighted by atomic mass is 16.1. The number of aromatic nitrogens is 4. The lowest BCUT2D eigenvalue weighted by Gasteiger charge is -2.33. The van der Waals surface area contributed by atoms with Crippen LogP contribution in [0.2, 0.25) is 0 Å². The first-order valence-electron chi connectivity index (χ1n) is 10.1. The Hall–Kier alpha value is -3.74. The van der Waals surface area contributed by atoms with Crippen LogP contribution in [0.4, 0.5) is 11.5 Å². The molecule has 0 bridgehead atoms. The zero-order valence-corrected chi connectivity index (χ0v) is 16.5. The lowest BCUT2D eigenvalue weighted by molar-refractivity contribution is -0.120. The molecule has 1 atom stereocenters. The molecule has 3 heterocycles. The number of benzene rings is 2. The summed E-state index contributed by atoms with van der Waals surface area (Å²) in [5.41, 5.74) is 3.64. The molecule has 150 valence electrons. The van der Waals surface area contributed by atoms with Gasteiger partial charge in [-0.1, -0.05) is 30.3 Å². The van der Waals surface area contributed by atoms with Gasteiger partial charge in [0, 0.05) is 35.8 Å². The van der Waals surface area contributed by atoms with Crippen molar-refractivity contribution >= 4 is 28.3 Å². The van der Waals surface area contributed by atoms with E-state index in [1.54, 1.807) is 12.5 Å². The summed E-state index contributed by atoms with van der Waals surface area (Å²) >= 11 is 0. The van der Waals surface area contributed by atoms with Gasteiger partial charge in [-0.25, -0.2) is 9.97 Å². The molecule has 1 saturated heterocycles. The van der Waals surface area contributed by atoms with E-state index in [1.165, 1.54) is 0 Å². The largest absolute Gasteiger partial charge is 0.356 e. The van der Waals surface area contributed by atoms with E-state index in [9.17, 15) is 4.79 Å². The molecule has 2 aromatic heterocycles. The highest BCUT2D eigenvalue weighted by molar-refractivity contribution is 5.95. The number of carbonyl (C=O) groups excluding carboxylic acids is 1. The van der Waals surface area contributed by atoms with Crippen molar-refractivity contribution in [2.75, 3.05) is 23.3 Å². The summed E-state index contributed by atoms with van der Waals surface area (Å²) in [5.74, 6) is 0.808. The van der Waals surface area contributed by atoms with Crippen molar-refractivity contribution in [1.29, 1.82) is 0 Å². The Labute approximate surface area is 174 Å². The number of hydrogen-bond donors (Lipinski definition) is 2. The Morgan fingerprint density at radius 2 is 2.00 bits per heavy atom. The quantitative estimate of drug-likeness (QED) is 0.545. The van der Waals surface area contributed by atoms with Crippen LogP contribution in [0.5, 0.6) is 0 Å². The summed E-state index contributed by atoms with van der Waals surface area (Å²) in [4.78, 5) is 24.0. The fourth-order valence-corrected chi connectivity index (χ4v) is 3.95. The normalized spacial score (nSPS) is 16.5. The zero-order valence-electron chi connectivity index (χ0n) is 16.5. The molecule has 1 aliphatic heterocycles. The molecule has 7 heteroatoms. The summed E-state index contributed by atoms with van der Waals surface area (Å²) in [5, 5.41) is 11.0. The van der Waals surface area contributed by atoms with Crippen molar-refractivity contribution in [3.8, 4) is 11.3 Å². The van der Waals surface area contributed by atoms with Gasteiger partial charge in [-0.05, 0) is 31.0 Å². The second kappa shape index (κ2) is 7.94. The maximum atomic E-state index is 12.9. The topological polar surface area (TPSA) is 86.8 Å². The number of amides is 1. The number of nitrogens with one attached hydrogen (secondary N) is 2. The molecule has 5 rings (SSSR count). The minimum atomic E-state index is -0.0913. The Morgan fingerprint density at radius 1 is 1.10 bits per heavy atom. The first-order valence-corrected chi connectivity index (χ1v) is 10.1. The molecule has 0 saturated carbocycles. The monoisotopic (exact) mass is 398 g/mol. The molecule has 1 unspecified atom stereocenters. The van der Waals surface area contributed by atoms with Crippen molar-refractivity contribution in [2.24, 2.45) is 5.92 Å².